The molecular formula is C19H28N2O2. The molecule has 4 nitrogen and oxygen atoms in total. The maximum Gasteiger partial charge on any atom is 0.225 e. The van der Waals surface area contributed by atoms with Crippen LogP contribution in [0.2, 0.25) is 0 Å². The van der Waals surface area contributed by atoms with E-state index in [9.17, 15) is 9.90 Å². The van der Waals surface area contributed by atoms with Crippen molar-refractivity contribution in [1.29, 1.82) is 0 Å². The molecule has 4 heteroatoms. The van der Waals surface area contributed by atoms with Gasteiger partial charge in [-0.1, -0.05) is 38.0 Å². The van der Waals surface area contributed by atoms with Gasteiger partial charge in [-0.2, -0.15) is 0 Å². The number of likely N-dealkylation sites (tertiary alicyclic amines) is 1. The first kappa shape index (κ1) is 16.3. The van der Waals surface area contributed by atoms with Crippen molar-refractivity contribution in [3.8, 4) is 5.75 Å². The largest absolute Gasteiger partial charge is 0.508 e. The van der Waals surface area contributed by atoms with Crippen LogP contribution in [0.5, 0.6) is 5.75 Å². The molecule has 23 heavy (non-hydrogen) atoms. The lowest BCUT2D eigenvalue weighted by Crippen LogP contribution is -2.38. The van der Waals surface area contributed by atoms with E-state index < -0.39 is 0 Å². The number of nitrogens with one attached hydrogen (secondary N) is 1. The van der Waals surface area contributed by atoms with Crippen molar-refractivity contribution in [2.75, 3.05) is 13.1 Å². The highest BCUT2D eigenvalue weighted by molar-refractivity contribution is 5.79. The lowest BCUT2D eigenvalue weighted by Gasteiger charge is -2.24. The minimum absolute atomic E-state index is 0.141. The predicted octanol–water partition coefficient (Wildman–Crippen LogP) is 3.22. The number of rotatable bonds is 5. The van der Waals surface area contributed by atoms with Crippen LogP contribution in [0.3, 0.4) is 0 Å². The molecule has 1 aromatic rings. The third-order valence-electron chi connectivity index (χ3n) is 5.36. The topological polar surface area (TPSA) is 52.6 Å². The van der Waals surface area contributed by atoms with Crippen molar-refractivity contribution in [2.24, 2.45) is 5.92 Å². The normalized spacial score (nSPS) is 23.3. The number of amides is 1. The number of nitrogens with zero attached hydrogens (tertiary/aromatic N) is 1. The maximum atomic E-state index is 12.5. The minimum Gasteiger partial charge on any atom is -0.508 e. The Kier molecular flexibility index (Phi) is 5.21. The highest BCUT2D eigenvalue weighted by atomic mass is 16.3. The van der Waals surface area contributed by atoms with Gasteiger partial charge in [0.15, 0.2) is 0 Å². The second-order valence-electron chi connectivity index (χ2n) is 6.94. The summed E-state index contributed by atoms with van der Waals surface area (Å²) in [5, 5.41) is 13.7. The van der Waals surface area contributed by atoms with Crippen LogP contribution >= 0.6 is 0 Å². The lowest BCUT2D eigenvalue weighted by molar-refractivity contribution is -0.134. The van der Waals surface area contributed by atoms with Crippen molar-refractivity contribution >= 4 is 5.91 Å². The fourth-order valence-electron chi connectivity index (χ4n) is 4.02. The molecule has 1 aromatic carbocycles. The summed E-state index contributed by atoms with van der Waals surface area (Å²) in [6.07, 6.45) is 6.48. The van der Waals surface area contributed by atoms with Gasteiger partial charge >= 0.3 is 0 Å². The molecule has 1 aliphatic heterocycles. The molecule has 0 spiro atoms. The van der Waals surface area contributed by atoms with Gasteiger partial charge in [0.1, 0.15) is 5.75 Å². The first-order valence-corrected chi connectivity index (χ1v) is 9.01. The minimum atomic E-state index is 0.141. The Bertz CT molecular complexity index is 540. The van der Waals surface area contributed by atoms with Crippen molar-refractivity contribution in [1.82, 2.24) is 10.2 Å². The molecule has 2 N–H and O–H groups in total. The Balaban J connectivity index is 1.58. The molecule has 1 heterocycles. The first-order valence-electron chi connectivity index (χ1n) is 9.01. The summed E-state index contributed by atoms with van der Waals surface area (Å²) in [6.45, 7) is 3.80. The highest BCUT2D eigenvalue weighted by Gasteiger charge is 2.33. The molecule has 0 bridgehead atoms. The van der Waals surface area contributed by atoms with E-state index in [4.69, 9.17) is 0 Å². The van der Waals surface area contributed by atoms with Crippen LogP contribution in [0.4, 0.5) is 0 Å². The van der Waals surface area contributed by atoms with Gasteiger partial charge in [0, 0.05) is 36.7 Å². The van der Waals surface area contributed by atoms with E-state index in [1.165, 1.54) is 12.8 Å². The maximum absolute atomic E-state index is 12.5. The molecule has 1 aliphatic carbocycles. The summed E-state index contributed by atoms with van der Waals surface area (Å²) in [4.78, 5) is 14.6. The van der Waals surface area contributed by atoms with E-state index in [0.717, 1.165) is 44.3 Å². The van der Waals surface area contributed by atoms with Crippen LogP contribution < -0.4 is 5.32 Å². The molecule has 2 aliphatic rings. The number of carbonyl (C=O) groups excluding carboxylic acids is 1. The van der Waals surface area contributed by atoms with Crippen molar-refractivity contribution in [3.05, 3.63) is 29.8 Å². The molecule has 1 saturated carbocycles. The van der Waals surface area contributed by atoms with Gasteiger partial charge in [0.25, 0.3) is 0 Å². The standard InChI is InChI=1S/C19H28N2O2/c1-2-17(16-9-5-6-10-18(16)22)20-15-11-12-21(13-15)19(23)14-7-3-4-8-14/h5-6,9-10,14-15,17,20,22H,2-4,7-8,11-13H2,1H3/t15-,17+/m0/s1. The summed E-state index contributed by atoms with van der Waals surface area (Å²) in [6, 6.07) is 8.00. The molecule has 3 rings (SSSR count). The van der Waals surface area contributed by atoms with Crippen LogP contribution in [0.15, 0.2) is 24.3 Å². The van der Waals surface area contributed by atoms with E-state index in [0.29, 0.717) is 17.7 Å². The molecule has 0 radical (unpaired) electrons. The number of phenols is 1. The number of carbonyl (C=O) groups is 1. The Morgan fingerprint density at radius 3 is 2.74 bits per heavy atom. The van der Waals surface area contributed by atoms with Crippen molar-refractivity contribution in [3.63, 3.8) is 0 Å². The summed E-state index contributed by atoms with van der Waals surface area (Å²) in [7, 11) is 0. The van der Waals surface area contributed by atoms with Crippen molar-refractivity contribution in [2.45, 2.75) is 57.5 Å². The molecule has 0 unspecified atom stereocenters. The van der Waals surface area contributed by atoms with E-state index in [-0.39, 0.29) is 12.0 Å². The van der Waals surface area contributed by atoms with E-state index in [1.54, 1.807) is 6.07 Å². The second kappa shape index (κ2) is 7.35. The van der Waals surface area contributed by atoms with Gasteiger partial charge in [-0.15, -0.1) is 0 Å². The van der Waals surface area contributed by atoms with Gasteiger partial charge in [-0.3, -0.25) is 4.79 Å². The van der Waals surface area contributed by atoms with Gasteiger partial charge in [-0.05, 0) is 31.7 Å². The number of hydrogen-bond donors (Lipinski definition) is 2. The predicted molar refractivity (Wildman–Crippen MR) is 91.2 cm³/mol. The Hall–Kier alpha value is -1.55. The average molecular weight is 316 g/mol. The number of benzene rings is 1. The van der Waals surface area contributed by atoms with Crippen LogP contribution in [0, 0.1) is 5.92 Å². The summed E-state index contributed by atoms with van der Waals surface area (Å²) >= 11 is 0. The number of para-hydroxylation sites is 1. The summed E-state index contributed by atoms with van der Waals surface area (Å²) in [5.41, 5.74) is 0.954. The monoisotopic (exact) mass is 316 g/mol. The van der Waals surface area contributed by atoms with Crippen LogP contribution in [-0.4, -0.2) is 35.0 Å². The van der Waals surface area contributed by atoms with E-state index in [2.05, 4.69) is 12.2 Å². The number of hydrogen-bond acceptors (Lipinski definition) is 3. The second-order valence-corrected chi connectivity index (χ2v) is 6.94. The molecule has 126 valence electrons. The zero-order chi connectivity index (χ0) is 16.2. The fraction of sp³-hybridized carbons (Fsp3) is 0.632. The van der Waals surface area contributed by atoms with Gasteiger partial charge < -0.3 is 15.3 Å². The lowest BCUT2D eigenvalue weighted by atomic mass is 10.0. The summed E-state index contributed by atoms with van der Waals surface area (Å²) in [5.74, 6) is 0.986. The van der Waals surface area contributed by atoms with Crippen molar-refractivity contribution < 1.29 is 9.90 Å². The summed E-state index contributed by atoms with van der Waals surface area (Å²) < 4.78 is 0. The SMILES string of the molecule is CC[C@@H](N[C@H]1CCN(C(=O)C2CCCC2)C1)c1ccccc1O. The number of phenolic OH excluding ortho intramolecular Hbond substituents is 1. The van der Waals surface area contributed by atoms with Gasteiger partial charge in [0.05, 0.1) is 0 Å². The molecule has 1 saturated heterocycles. The van der Waals surface area contributed by atoms with E-state index >= 15 is 0 Å². The first-order chi connectivity index (χ1) is 11.2. The number of aromatic hydroxyl groups is 1. The average Bonchev–Trinajstić information content (AvgIpc) is 3.24. The molecule has 1 amide bonds. The Morgan fingerprint density at radius 2 is 2.04 bits per heavy atom. The molecule has 2 fully saturated rings. The third kappa shape index (κ3) is 3.69. The zero-order valence-electron chi connectivity index (χ0n) is 14.0. The third-order valence-corrected chi connectivity index (χ3v) is 5.36. The van der Waals surface area contributed by atoms with Gasteiger partial charge in [0.2, 0.25) is 5.91 Å². The van der Waals surface area contributed by atoms with Gasteiger partial charge in [-0.25, -0.2) is 0 Å². The molecule has 0 aromatic heterocycles. The molecular weight excluding hydrogens is 288 g/mol. The van der Waals surface area contributed by atoms with Crippen LogP contribution in [0.1, 0.15) is 57.1 Å². The Morgan fingerprint density at radius 1 is 1.30 bits per heavy atom. The van der Waals surface area contributed by atoms with Crippen LogP contribution in [-0.2, 0) is 4.79 Å². The zero-order valence-corrected chi connectivity index (χ0v) is 14.0. The smallest absolute Gasteiger partial charge is 0.225 e. The van der Waals surface area contributed by atoms with E-state index in [1.807, 2.05) is 23.1 Å². The highest BCUT2D eigenvalue weighted by Crippen LogP contribution is 2.30. The molecule has 2 atom stereocenters. The van der Waals surface area contributed by atoms with Crippen LogP contribution in [0.25, 0.3) is 0 Å². The quantitative estimate of drug-likeness (QED) is 0.877. The fourth-order valence-corrected chi connectivity index (χ4v) is 4.02. The Labute approximate surface area is 138 Å².